The first-order valence-corrected chi connectivity index (χ1v) is 11.0. The zero-order valence-electron chi connectivity index (χ0n) is 18.3. The number of rotatable bonds is 8. The van der Waals surface area contributed by atoms with E-state index in [1.807, 2.05) is 36.4 Å². The SMILES string of the molecule is FC(F)Oc1ccc(-c2ccnc3cc(-c4cccc(-n5cnnn5)c4)nn23)cc1OCC1CC1. The van der Waals surface area contributed by atoms with Gasteiger partial charge >= 0.3 is 6.61 Å². The number of hydrogen-bond donors (Lipinski definition) is 0. The minimum Gasteiger partial charge on any atom is -0.489 e. The van der Waals surface area contributed by atoms with Gasteiger partial charge in [0, 0.05) is 23.4 Å². The summed E-state index contributed by atoms with van der Waals surface area (Å²) in [4.78, 5) is 4.44. The molecule has 35 heavy (non-hydrogen) atoms. The van der Waals surface area contributed by atoms with Gasteiger partial charge in [0.05, 0.1) is 23.7 Å². The van der Waals surface area contributed by atoms with Crippen molar-refractivity contribution >= 4 is 5.65 Å². The van der Waals surface area contributed by atoms with E-state index in [9.17, 15) is 8.78 Å². The van der Waals surface area contributed by atoms with E-state index in [1.54, 1.807) is 27.5 Å². The summed E-state index contributed by atoms with van der Waals surface area (Å²) in [5, 5.41) is 16.1. The van der Waals surface area contributed by atoms with Gasteiger partial charge in [-0.25, -0.2) is 14.2 Å². The summed E-state index contributed by atoms with van der Waals surface area (Å²) < 4.78 is 39.6. The molecule has 1 aliphatic rings. The van der Waals surface area contributed by atoms with E-state index < -0.39 is 6.61 Å². The smallest absolute Gasteiger partial charge is 0.387 e. The molecule has 0 saturated heterocycles. The zero-order valence-corrected chi connectivity index (χ0v) is 18.3. The number of ether oxygens (including phenoxy) is 2. The molecule has 3 aromatic heterocycles. The Morgan fingerprint density at radius 2 is 1.91 bits per heavy atom. The molecule has 0 unspecified atom stereocenters. The molecule has 1 saturated carbocycles. The first-order valence-electron chi connectivity index (χ1n) is 11.0. The summed E-state index contributed by atoms with van der Waals surface area (Å²) in [6.07, 6.45) is 5.37. The van der Waals surface area contributed by atoms with Crippen LogP contribution < -0.4 is 9.47 Å². The average Bonchev–Trinajstić information content (AvgIpc) is 3.34. The second-order valence-electron chi connectivity index (χ2n) is 8.23. The van der Waals surface area contributed by atoms with Gasteiger partial charge in [-0.2, -0.15) is 13.9 Å². The molecule has 11 heteroatoms. The fourth-order valence-corrected chi connectivity index (χ4v) is 3.81. The monoisotopic (exact) mass is 475 g/mol. The van der Waals surface area contributed by atoms with E-state index in [0.717, 1.165) is 35.3 Å². The van der Waals surface area contributed by atoms with Crippen LogP contribution in [0.1, 0.15) is 12.8 Å². The Labute approximate surface area is 197 Å². The van der Waals surface area contributed by atoms with E-state index in [1.165, 1.54) is 12.4 Å². The van der Waals surface area contributed by atoms with Gasteiger partial charge in [0.15, 0.2) is 17.1 Å². The fourth-order valence-electron chi connectivity index (χ4n) is 3.81. The van der Waals surface area contributed by atoms with Gasteiger partial charge in [0.2, 0.25) is 0 Å². The number of aromatic nitrogens is 7. The highest BCUT2D eigenvalue weighted by Gasteiger charge is 2.23. The molecule has 0 bridgehead atoms. The normalized spacial score (nSPS) is 13.5. The highest BCUT2D eigenvalue weighted by Crippen LogP contribution is 2.36. The van der Waals surface area contributed by atoms with Crippen LogP contribution in [0, 0.1) is 5.92 Å². The average molecular weight is 475 g/mol. The van der Waals surface area contributed by atoms with Crippen molar-refractivity contribution in [1.82, 2.24) is 34.8 Å². The molecular formula is C24H19F2N7O2. The lowest BCUT2D eigenvalue weighted by Crippen LogP contribution is -2.06. The molecule has 1 aliphatic carbocycles. The van der Waals surface area contributed by atoms with Gasteiger partial charge in [0.25, 0.3) is 0 Å². The van der Waals surface area contributed by atoms with Crippen LogP contribution in [0.3, 0.4) is 0 Å². The maximum atomic E-state index is 12.9. The van der Waals surface area contributed by atoms with Crippen LogP contribution in [-0.4, -0.2) is 48.0 Å². The number of hydrogen-bond acceptors (Lipinski definition) is 7. The predicted molar refractivity (Wildman–Crippen MR) is 121 cm³/mol. The van der Waals surface area contributed by atoms with E-state index in [0.29, 0.717) is 23.9 Å². The third kappa shape index (κ3) is 4.39. The molecule has 3 heterocycles. The molecule has 0 atom stereocenters. The third-order valence-corrected chi connectivity index (χ3v) is 5.74. The third-order valence-electron chi connectivity index (χ3n) is 5.74. The van der Waals surface area contributed by atoms with Crippen molar-refractivity contribution in [3.8, 4) is 39.7 Å². The van der Waals surface area contributed by atoms with Crippen LogP contribution >= 0.6 is 0 Å². The lowest BCUT2D eigenvalue weighted by atomic mass is 10.1. The minimum atomic E-state index is -2.94. The van der Waals surface area contributed by atoms with Gasteiger partial charge in [-0.05, 0) is 65.6 Å². The van der Waals surface area contributed by atoms with Crippen molar-refractivity contribution in [2.45, 2.75) is 19.5 Å². The van der Waals surface area contributed by atoms with Gasteiger partial charge < -0.3 is 9.47 Å². The molecule has 0 aliphatic heterocycles. The van der Waals surface area contributed by atoms with Crippen LogP contribution in [0.4, 0.5) is 8.78 Å². The molecule has 176 valence electrons. The number of benzene rings is 2. The van der Waals surface area contributed by atoms with Crippen molar-refractivity contribution in [2.24, 2.45) is 5.92 Å². The molecule has 2 aromatic carbocycles. The topological polar surface area (TPSA) is 92.2 Å². The standard InChI is InChI=1S/C24H19F2N7O2/c25-24(26)35-21-7-6-17(11-22(21)34-13-15-4-5-15)20-8-9-27-23-12-19(29-33(20)23)16-2-1-3-18(10-16)32-14-28-30-31-32/h1-3,6-12,14-15,24H,4-5,13H2. The van der Waals surface area contributed by atoms with Crippen LogP contribution in [-0.2, 0) is 0 Å². The van der Waals surface area contributed by atoms with E-state index >= 15 is 0 Å². The summed E-state index contributed by atoms with van der Waals surface area (Å²) in [5.41, 5.74) is 4.48. The number of nitrogens with zero attached hydrogens (tertiary/aromatic N) is 7. The summed E-state index contributed by atoms with van der Waals surface area (Å²) in [6, 6.07) is 16.3. The molecule has 6 rings (SSSR count). The van der Waals surface area contributed by atoms with Crippen molar-refractivity contribution in [3.63, 3.8) is 0 Å². The summed E-state index contributed by atoms with van der Waals surface area (Å²) in [5.74, 6) is 0.750. The Balaban J connectivity index is 1.38. The first-order chi connectivity index (χ1) is 17.1. The highest BCUT2D eigenvalue weighted by molar-refractivity contribution is 5.70. The highest BCUT2D eigenvalue weighted by atomic mass is 19.3. The Morgan fingerprint density at radius 1 is 1.00 bits per heavy atom. The van der Waals surface area contributed by atoms with Gasteiger partial charge in [-0.15, -0.1) is 5.10 Å². The summed E-state index contributed by atoms with van der Waals surface area (Å²) in [7, 11) is 0. The van der Waals surface area contributed by atoms with Crippen LogP contribution in [0.2, 0.25) is 0 Å². The number of fused-ring (bicyclic) bond motifs is 1. The maximum absolute atomic E-state index is 12.9. The molecule has 0 radical (unpaired) electrons. The van der Waals surface area contributed by atoms with Crippen molar-refractivity contribution in [2.75, 3.05) is 6.61 Å². The Bertz CT molecular complexity index is 1480. The molecule has 9 nitrogen and oxygen atoms in total. The van der Waals surface area contributed by atoms with Crippen LogP contribution in [0.5, 0.6) is 11.5 Å². The lowest BCUT2D eigenvalue weighted by molar-refractivity contribution is -0.0515. The number of alkyl halides is 2. The van der Waals surface area contributed by atoms with E-state index in [4.69, 9.17) is 9.84 Å². The second-order valence-corrected chi connectivity index (χ2v) is 8.23. The van der Waals surface area contributed by atoms with Crippen LogP contribution in [0.15, 0.2) is 67.1 Å². The molecule has 0 amide bonds. The molecule has 5 aromatic rings. The Hall–Kier alpha value is -4.41. The quantitative estimate of drug-likeness (QED) is 0.328. The van der Waals surface area contributed by atoms with Crippen molar-refractivity contribution < 1.29 is 18.3 Å². The van der Waals surface area contributed by atoms with Gasteiger partial charge in [-0.3, -0.25) is 0 Å². The predicted octanol–water partition coefficient (Wildman–Crippen LogP) is 4.43. The lowest BCUT2D eigenvalue weighted by Gasteiger charge is -2.14. The van der Waals surface area contributed by atoms with Crippen LogP contribution in [0.25, 0.3) is 33.8 Å². The first kappa shape index (κ1) is 21.1. The minimum absolute atomic E-state index is 0.00951. The summed E-state index contributed by atoms with van der Waals surface area (Å²) >= 11 is 0. The van der Waals surface area contributed by atoms with Gasteiger partial charge in [-0.1, -0.05) is 12.1 Å². The molecule has 0 spiro atoms. The number of tetrazole rings is 1. The molecular weight excluding hydrogens is 456 g/mol. The fraction of sp³-hybridized carbons (Fsp3) is 0.208. The maximum Gasteiger partial charge on any atom is 0.387 e. The van der Waals surface area contributed by atoms with E-state index in [2.05, 4.69) is 25.2 Å². The Morgan fingerprint density at radius 3 is 2.71 bits per heavy atom. The Kier molecular flexibility index (Phi) is 5.28. The largest absolute Gasteiger partial charge is 0.489 e. The molecule has 1 fully saturated rings. The zero-order chi connectivity index (χ0) is 23.8. The van der Waals surface area contributed by atoms with E-state index in [-0.39, 0.29) is 11.5 Å². The summed E-state index contributed by atoms with van der Waals surface area (Å²) in [6.45, 7) is -2.47. The van der Waals surface area contributed by atoms with Crippen molar-refractivity contribution in [3.05, 3.63) is 67.1 Å². The van der Waals surface area contributed by atoms with Gasteiger partial charge in [0.1, 0.15) is 6.33 Å². The molecule has 0 N–H and O–H groups in total. The second kappa shape index (κ2) is 8.75. The van der Waals surface area contributed by atoms with Crippen molar-refractivity contribution in [1.29, 1.82) is 0 Å². The number of halogens is 2.